The SMILES string of the molecule is COC(=O)c1cccnc1I. The fourth-order valence-electron chi connectivity index (χ4n) is 0.648. The lowest BCUT2D eigenvalue weighted by atomic mass is 10.3. The van der Waals surface area contributed by atoms with Crippen LogP contribution in [0.3, 0.4) is 0 Å². The van der Waals surface area contributed by atoms with Gasteiger partial charge in [-0.05, 0) is 34.7 Å². The number of pyridine rings is 1. The smallest absolute Gasteiger partial charge is 0.340 e. The maximum Gasteiger partial charge on any atom is 0.340 e. The number of carbonyl (C=O) groups is 1. The van der Waals surface area contributed by atoms with Crippen molar-refractivity contribution in [3.63, 3.8) is 0 Å². The summed E-state index contributed by atoms with van der Waals surface area (Å²) < 4.78 is 5.20. The molecule has 0 bridgehead atoms. The number of esters is 1. The molecule has 11 heavy (non-hydrogen) atoms. The van der Waals surface area contributed by atoms with E-state index in [2.05, 4.69) is 9.72 Å². The van der Waals surface area contributed by atoms with Crippen molar-refractivity contribution < 1.29 is 9.53 Å². The Bertz CT molecular complexity index is 275. The van der Waals surface area contributed by atoms with E-state index in [4.69, 9.17) is 0 Å². The van der Waals surface area contributed by atoms with Gasteiger partial charge in [0, 0.05) is 6.20 Å². The van der Waals surface area contributed by atoms with E-state index in [1.165, 1.54) is 7.11 Å². The van der Waals surface area contributed by atoms with Gasteiger partial charge in [0.05, 0.1) is 12.7 Å². The third kappa shape index (κ3) is 1.89. The zero-order chi connectivity index (χ0) is 8.27. The lowest BCUT2D eigenvalue weighted by Crippen LogP contribution is -2.04. The molecule has 0 spiro atoms. The molecule has 0 radical (unpaired) electrons. The fourth-order valence-corrected chi connectivity index (χ4v) is 1.21. The topological polar surface area (TPSA) is 39.2 Å². The highest BCUT2D eigenvalue weighted by Crippen LogP contribution is 2.08. The van der Waals surface area contributed by atoms with Crippen molar-refractivity contribution in [3.05, 3.63) is 27.6 Å². The molecule has 3 nitrogen and oxygen atoms in total. The van der Waals surface area contributed by atoms with Crippen LogP contribution in [-0.2, 0) is 4.74 Å². The van der Waals surface area contributed by atoms with Gasteiger partial charge in [0.25, 0.3) is 0 Å². The summed E-state index contributed by atoms with van der Waals surface area (Å²) in [6, 6.07) is 3.38. The quantitative estimate of drug-likeness (QED) is 0.437. The molecular weight excluding hydrogens is 257 g/mol. The zero-order valence-corrected chi connectivity index (χ0v) is 8.03. The molecule has 0 aliphatic rings. The van der Waals surface area contributed by atoms with Gasteiger partial charge in [0.2, 0.25) is 0 Å². The molecule has 1 aromatic rings. The maximum absolute atomic E-state index is 11.0. The van der Waals surface area contributed by atoms with Gasteiger partial charge in [-0.2, -0.15) is 0 Å². The predicted molar refractivity (Wildman–Crippen MR) is 48.3 cm³/mol. The largest absolute Gasteiger partial charge is 0.465 e. The van der Waals surface area contributed by atoms with Crippen molar-refractivity contribution in [2.75, 3.05) is 7.11 Å². The summed E-state index contributed by atoms with van der Waals surface area (Å²) in [5.74, 6) is -0.345. The average molecular weight is 263 g/mol. The molecule has 1 aromatic heterocycles. The first-order valence-corrected chi connectivity index (χ1v) is 4.02. The van der Waals surface area contributed by atoms with Crippen LogP contribution in [0.5, 0.6) is 0 Å². The third-order valence-electron chi connectivity index (χ3n) is 1.16. The van der Waals surface area contributed by atoms with E-state index in [0.29, 0.717) is 9.26 Å². The van der Waals surface area contributed by atoms with Gasteiger partial charge < -0.3 is 4.74 Å². The van der Waals surface area contributed by atoms with Gasteiger partial charge in [-0.3, -0.25) is 0 Å². The van der Waals surface area contributed by atoms with E-state index in [1.807, 2.05) is 22.6 Å². The van der Waals surface area contributed by atoms with Crippen molar-refractivity contribution in [1.29, 1.82) is 0 Å². The van der Waals surface area contributed by atoms with Crippen LogP contribution in [0, 0.1) is 3.70 Å². The summed E-state index contributed by atoms with van der Waals surface area (Å²) in [5, 5.41) is 0. The van der Waals surface area contributed by atoms with Crippen LogP contribution in [0.15, 0.2) is 18.3 Å². The van der Waals surface area contributed by atoms with E-state index < -0.39 is 0 Å². The summed E-state index contributed by atoms with van der Waals surface area (Å²) in [6.07, 6.45) is 1.63. The van der Waals surface area contributed by atoms with Crippen LogP contribution in [0.1, 0.15) is 10.4 Å². The van der Waals surface area contributed by atoms with Crippen molar-refractivity contribution in [3.8, 4) is 0 Å². The number of carbonyl (C=O) groups excluding carboxylic acids is 1. The summed E-state index contributed by atoms with van der Waals surface area (Å²) in [4.78, 5) is 14.9. The molecular formula is C7H6INO2. The number of nitrogens with zero attached hydrogens (tertiary/aromatic N) is 1. The molecule has 0 amide bonds. The Balaban J connectivity index is 3.03. The number of aromatic nitrogens is 1. The Morgan fingerprint density at radius 1 is 1.73 bits per heavy atom. The second kappa shape index (κ2) is 3.66. The van der Waals surface area contributed by atoms with E-state index in [-0.39, 0.29) is 5.97 Å². The highest BCUT2D eigenvalue weighted by atomic mass is 127. The minimum Gasteiger partial charge on any atom is -0.465 e. The Morgan fingerprint density at radius 2 is 2.45 bits per heavy atom. The number of hydrogen-bond acceptors (Lipinski definition) is 3. The van der Waals surface area contributed by atoms with Gasteiger partial charge in [-0.15, -0.1) is 0 Å². The number of halogens is 1. The Labute approximate surface area is 77.9 Å². The van der Waals surface area contributed by atoms with Crippen LogP contribution < -0.4 is 0 Å². The summed E-state index contributed by atoms with van der Waals surface area (Å²) in [6.45, 7) is 0. The van der Waals surface area contributed by atoms with Gasteiger partial charge in [0.15, 0.2) is 0 Å². The average Bonchev–Trinajstić information content (AvgIpc) is 2.04. The number of rotatable bonds is 1. The third-order valence-corrected chi connectivity index (χ3v) is 2.02. The lowest BCUT2D eigenvalue weighted by molar-refractivity contribution is 0.0599. The first-order valence-electron chi connectivity index (χ1n) is 2.94. The van der Waals surface area contributed by atoms with Crippen molar-refractivity contribution in [2.45, 2.75) is 0 Å². The Morgan fingerprint density at radius 3 is 3.00 bits per heavy atom. The first-order chi connectivity index (χ1) is 5.25. The van der Waals surface area contributed by atoms with Crippen LogP contribution in [0.25, 0.3) is 0 Å². The normalized spacial score (nSPS) is 9.27. The Hall–Kier alpha value is -0.650. The fraction of sp³-hybridized carbons (Fsp3) is 0.143. The molecule has 0 aromatic carbocycles. The minimum absolute atomic E-state index is 0.345. The lowest BCUT2D eigenvalue weighted by Gasteiger charge is -1.98. The van der Waals surface area contributed by atoms with Crippen LogP contribution in [0.4, 0.5) is 0 Å². The van der Waals surface area contributed by atoms with Gasteiger partial charge in [-0.1, -0.05) is 0 Å². The van der Waals surface area contributed by atoms with Gasteiger partial charge >= 0.3 is 5.97 Å². The molecule has 1 rings (SSSR count). The molecule has 0 unspecified atom stereocenters. The van der Waals surface area contributed by atoms with Crippen LogP contribution >= 0.6 is 22.6 Å². The summed E-state index contributed by atoms with van der Waals surface area (Å²) >= 11 is 1.99. The molecule has 0 saturated heterocycles. The van der Waals surface area contributed by atoms with Crippen molar-refractivity contribution in [2.24, 2.45) is 0 Å². The zero-order valence-electron chi connectivity index (χ0n) is 5.87. The highest BCUT2D eigenvalue weighted by Gasteiger charge is 2.08. The molecule has 0 aliphatic carbocycles. The summed E-state index contributed by atoms with van der Waals surface area (Å²) in [7, 11) is 1.35. The minimum atomic E-state index is -0.345. The molecule has 0 saturated carbocycles. The van der Waals surface area contributed by atoms with Crippen molar-refractivity contribution >= 4 is 28.6 Å². The van der Waals surface area contributed by atoms with Crippen LogP contribution in [0.2, 0.25) is 0 Å². The standard InChI is InChI=1S/C7H6INO2/c1-11-7(10)5-3-2-4-9-6(5)8/h2-4H,1H3. The first kappa shape index (κ1) is 8.45. The van der Waals surface area contributed by atoms with E-state index >= 15 is 0 Å². The van der Waals surface area contributed by atoms with Crippen molar-refractivity contribution in [1.82, 2.24) is 4.98 Å². The van der Waals surface area contributed by atoms with Crippen LogP contribution in [-0.4, -0.2) is 18.1 Å². The molecule has 0 N–H and O–H groups in total. The number of ether oxygens (including phenoxy) is 1. The highest BCUT2D eigenvalue weighted by molar-refractivity contribution is 14.1. The maximum atomic E-state index is 11.0. The van der Waals surface area contributed by atoms with E-state index in [9.17, 15) is 4.79 Å². The summed E-state index contributed by atoms with van der Waals surface area (Å²) in [5.41, 5.74) is 0.510. The van der Waals surface area contributed by atoms with E-state index in [1.54, 1.807) is 18.3 Å². The monoisotopic (exact) mass is 263 g/mol. The van der Waals surface area contributed by atoms with E-state index in [0.717, 1.165) is 0 Å². The second-order valence-corrected chi connectivity index (χ2v) is 2.86. The molecule has 0 atom stereocenters. The molecule has 0 aliphatic heterocycles. The Kier molecular flexibility index (Phi) is 2.81. The molecule has 0 fully saturated rings. The number of methoxy groups -OCH3 is 1. The van der Waals surface area contributed by atoms with Gasteiger partial charge in [-0.25, -0.2) is 9.78 Å². The molecule has 58 valence electrons. The predicted octanol–water partition coefficient (Wildman–Crippen LogP) is 1.47. The molecule has 4 heteroatoms. The van der Waals surface area contributed by atoms with Gasteiger partial charge in [0.1, 0.15) is 3.70 Å². The number of hydrogen-bond donors (Lipinski definition) is 0. The molecule has 1 heterocycles. The second-order valence-electron chi connectivity index (χ2n) is 1.83.